The van der Waals surface area contributed by atoms with Gasteiger partial charge in [-0.2, -0.15) is 0 Å². The number of allylic oxidation sites excluding steroid dienone is 1. The van der Waals surface area contributed by atoms with E-state index in [0.717, 1.165) is 25.8 Å². The number of rotatable bonds is 5. The van der Waals surface area contributed by atoms with Crippen LogP contribution in [0.2, 0.25) is 0 Å². The topological polar surface area (TPSA) is 55.4 Å². The molecule has 1 rings (SSSR count). The average molecular weight is 211 g/mol. The van der Waals surface area contributed by atoms with Crippen LogP contribution in [0.3, 0.4) is 0 Å². The zero-order valence-electron chi connectivity index (χ0n) is 8.99. The minimum absolute atomic E-state index is 0.116. The summed E-state index contributed by atoms with van der Waals surface area (Å²) in [7, 11) is 0. The molecule has 1 heterocycles. The third-order valence-corrected chi connectivity index (χ3v) is 2.41. The highest BCUT2D eigenvalue weighted by molar-refractivity contribution is 5.81. The van der Waals surface area contributed by atoms with Gasteiger partial charge in [-0.3, -0.25) is 4.79 Å². The molecule has 0 bridgehead atoms. The minimum Gasteiger partial charge on any atom is -0.463 e. The van der Waals surface area contributed by atoms with E-state index in [1.807, 2.05) is 0 Å². The molecule has 0 aromatic rings. The van der Waals surface area contributed by atoms with E-state index < -0.39 is 0 Å². The molecule has 0 aromatic heterocycles. The number of carbonyl (C=O) groups excluding carboxylic acids is 2. The van der Waals surface area contributed by atoms with E-state index >= 15 is 0 Å². The van der Waals surface area contributed by atoms with Crippen LogP contribution >= 0.6 is 0 Å². The second-order valence-electron chi connectivity index (χ2n) is 3.59. The molecule has 1 fully saturated rings. The maximum atomic E-state index is 11.2. The summed E-state index contributed by atoms with van der Waals surface area (Å²) in [5, 5.41) is 2.78. The molecule has 4 heteroatoms. The van der Waals surface area contributed by atoms with Gasteiger partial charge in [0, 0.05) is 18.5 Å². The second kappa shape index (κ2) is 6.22. The SMILES string of the molecule is CC=CC(=O)OCCCC1CCNC1=O. The van der Waals surface area contributed by atoms with Crippen LogP contribution in [0.25, 0.3) is 0 Å². The van der Waals surface area contributed by atoms with Crippen LogP contribution < -0.4 is 5.32 Å². The molecule has 84 valence electrons. The van der Waals surface area contributed by atoms with Crippen LogP contribution in [0.5, 0.6) is 0 Å². The van der Waals surface area contributed by atoms with Gasteiger partial charge < -0.3 is 10.1 Å². The Morgan fingerprint density at radius 1 is 1.67 bits per heavy atom. The number of amides is 1. The molecule has 15 heavy (non-hydrogen) atoms. The monoisotopic (exact) mass is 211 g/mol. The molecular weight excluding hydrogens is 194 g/mol. The van der Waals surface area contributed by atoms with E-state index in [9.17, 15) is 9.59 Å². The summed E-state index contributed by atoms with van der Waals surface area (Å²) in [6.45, 7) is 2.94. The minimum atomic E-state index is -0.312. The van der Waals surface area contributed by atoms with Crippen LogP contribution in [-0.2, 0) is 14.3 Å². The van der Waals surface area contributed by atoms with Crippen LogP contribution in [0.15, 0.2) is 12.2 Å². The van der Waals surface area contributed by atoms with Crippen molar-refractivity contribution < 1.29 is 14.3 Å². The number of hydrogen-bond donors (Lipinski definition) is 1. The molecule has 0 spiro atoms. The molecule has 0 aromatic carbocycles. The van der Waals surface area contributed by atoms with Gasteiger partial charge in [0.1, 0.15) is 0 Å². The first-order valence-corrected chi connectivity index (χ1v) is 5.31. The zero-order valence-corrected chi connectivity index (χ0v) is 8.99. The van der Waals surface area contributed by atoms with Crippen LogP contribution in [-0.4, -0.2) is 25.0 Å². The number of ether oxygens (including phenoxy) is 1. The number of esters is 1. The van der Waals surface area contributed by atoms with Crippen molar-refractivity contribution in [2.75, 3.05) is 13.2 Å². The van der Waals surface area contributed by atoms with Gasteiger partial charge in [0.2, 0.25) is 5.91 Å². The summed E-state index contributed by atoms with van der Waals surface area (Å²) in [6, 6.07) is 0. The van der Waals surface area contributed by atoms with E-state index in [2.05, 4.69) is 5.32 Å². The lowest BCUT2D eigenvalue weighted by atomic mass is 10.0. The number of hydrogen-bond acceptors (Lipinski definition) is 3. The van der Waals surface area contributed by atoms with Crippen molar-refractivity contribution in [3.05, 3.63) is 12.2 Å². The molecule has 4 nitrogen and oxygen atoms in total. The van der Waals surface area contributed by atoms with Crippen LogP contribution in [0.4, 0.5) is 0 Å². The summed E-state index contributed by atoms with van der Waals surface area (Å²) in [5.41, 5.74) is 0. The highest BCUT2D eigenvalue weighted by atomic mass is 16.5. The first-order valence-electron chi connectivity index (χ1n) is 5.31. The van der Waals surface area contributed by atoms with Gasteiger partial charge in [0.15, 0.2) is 0 Å². The van der Waals surface area contributed by atoms with Crippen molar-refractivity contribution in [3.63, 3.8) is 0 Å². The van der Waals surface area contributed by atoms with E-state index in [1.165, 1.54) is 6.08 Å². The predicted octanol–water partition coefficient (Wildman–Crippen LogP) is 1.02. The Bertz CT molecular complexity index is 261. The van der Waals surface area contributed by atoms with E-state index in [4.69, 9.17) is 4.74 Å². The lowest BCUT2D eigenvalue weighted by molar-refractivity contribution is -0.137. The largest absolute Gasteiger partial charge is 0.463 e. The summed E-state index contributed by atoms with van der Waals surface area (Å²) >= 11 is 0. The molecule has 1 amide bonds. The van der Waals surface area contributed by atoms with Crippen molar-refractivity contribution in [2.45, 2.75) is 26.2 Å². The van der Waals surface area contributed by atoms with Crippen molar-refractivity contribution in [2.24, 2.45) is 5.92 Å². The maximum Gasteiger partial charge on any atom is 0.330 e. The molecular formula is C11H17NO3. The second-order valence-corrected chi connectivity index (χ2v) is 3.59. The van der Waals surface area contributed by atoms with Gasteiger partial charge in [-0.25, -0.2) is 4.79 Å². The summed E-state index contributed by atoms with van der Waals surface area (Å²) in [5.74, 6) is -0.0615. The maximum absolute atomic E-state index is 11.2. The van der Waals surface area contributed by atoms with Gasteiger partial charge in [-0.1, -0.05) is 6.08 Å². The summed E-state index contributed by atoms with van der Waals surface area (Å²) < 4.78 is 4.92. The average Bonchev–Trinajstić information content (AvgIpc) is 2.60. The third kappa shape index (κ3) is 4.14. The van der Waals surface area contributed by atoms with Crippen molar-refractivity contribution in [3.8, 4) is 0 Å². The van der Waals surface area contributed by atoms with E-state index in [1.54, 1.807) is 13.0 Å². The Balaban J connectivity index is 2.06. The van der Waals surface area contributed by atoms with E-state index in [-0.39, 0.29) is 17.8 Å². The Morgan fingerprint density at radius 2 is 2.47 bits per heavy atom. The van der Waals surface area contributed by atoms with Gasteiger partial charge in [-0.15, -0.1) is 0 Å². The van der Waals surface area contributed by atoms with Crippen molar-refractivity contribution in [1.82, 2.24) is 5.32 Å². The molecule has 0 saturated carbocycles. The van der Waals surface area contributed by atoms with Crippen molar-refractivity contribution >= 4 is 11.9 Å². The van der Waals surface area contributed by atoms with Gasteiger partial charge in [0.05, 0.1) is 6.61 Å². The lowest BCUT2D eigenvalue weighted by Crippen LogP contribution is -2.19. The molecule has 1 aliphatic heterocycles. The standard InChI is InChI=1S/C11H17NO3/c1-2-4-10(13)15-8-3-5-9-6-7-12-11(9)14/h2,4,9H,3,5-8H2,1H3,(H,12,14). The summed E-state index contributed by atoms with van der Waals surface area (Å²) in [6.07, 6.45) is 5.49. The number of nitrogens with one attached hydrogen (secondary N) is 1. The Morgan fingerprint density at radius 3 is 3.07 bits per heavy atom. The van der Waals surface area contributed by atoms with Gasteiger partial charge >= 0.3 is 5.97 Å². The van der Waals surface area contributed by atoms with Gasteiger partial charge in [-0.05, 0) is 26.2 Å². The highest BCUT2D eigenvalue weighted by Gasteiger charge is 2.23. The predicted molar refractivity (Wildman–Crippen MR) is 56.1 cm³/mol. The summed E-state index contributed by atoms with van der Waals surface area (Å²) in [4.78, 5) is 22.1. The quantitative estimate of drug-likeness (QED) is 0.419. The fourth-order valence-corrected chi connectivity index (χ4v) is 1.61. The third-order valence-electron chi connectivity index (χ3n) is 2.41. The highest BCUT2D eigenvalue weighted by Crippen LogP contribution is 2.15. The molecule has 1 N–H and O–H groups in total. The Kier molecular flexibility index (Phi) is 4.87. The van der Waals surface area contributed by atoms with Gasteiger partial charge in [0.25, 0.3) is 0 Å². The Labute approximate surface area is 89.7 Å². The first kappa shape index (κ1) is 11.8. The van der Waals surface area contributed by atoms with Crippen LogP contribution in [0, 0.1) is 5.92 Å². The smallest absolute Gasteiger partial charge is 0.330 e. The Hall–Kier alpha value is -1.32. The molecule has 0 aliphatic carbocycles. The molecule has 1 atom stereocenters. The first-order chi connectivity index (χ1) is 7.24. The molecule has 0 radical (unpaired) electrons. The van der Waals surface area contributed by atoms with E-state index in [0.29, 0.717) is 6.61 Å². The normalized spacial score (nSPS) is 20.6. The zero-order chi connectivity index (χ0) is 11.1. The molecule has 1 unspecified atom stereocenters. The van der Waals surface area contributed by atoms with Crippen molar-refractivity contribution in [1.29, 1.82) is 0 Å². The van der Waals surface area contributed by atoms with Crippen LogP contribution in [0.1, 0.15) is 26.2 Å². The number of carbonyl (C=O) groups is 2. The lowest BCUT2D eigenvalue weighted by Gasteiger charge is -2.06. The fraction of sp³-hybridized carbons (Fsp3) is 0.636. The molecule has 1 aliphatic rings. The fourth-order valence-electron chi connectivity index (χ4n) is 1.61. The molecule has 1 saturated heterocycles.